The fraction of sp³-hybridized carbons (Fsp3) is 0. The summed E-state index contributed by atoms with van der Waals surface area (Å²) in [6.07, 6.45) is 1.73. The molecule has 0 heterocycles. The number of anilines is 1. The van der Waals surface area contributed by atoms with E-state index in [9.17, 15) is 0 Å². The van der Waals surface area contributed by atoms with Crippen molar-refractivity contribution in [3.8, 4) is 0 Å². The number of hydrogen-bond donors (Lipinski definition) is 2. The highest BCUT2D eigenvalue weighted by Crippen LogP contribution is 2.22. The third-order valence-electron chi connectivity index (χ3n) is 3.22. The van der Waals surface area contributed by atoms with E-state index in [-0.39, 0.29) is 0 Å². The molecule has 0 amide bonds. The topological polar surface area (TPSA) is 36.4 Å². The largest absolute Gasteiger partial charge is 0.331 e. The second-order valence-electron chi connectivity index (χ2n) is 4.76. The van der Waals surface area contributed by atoms with Crippen LogP contribution in [0.2, 0.25) is 0 Å². The van der Waals surface area contributed by atoms with Gasteiger partial charge in [-0.05, 0) is 29.2 Å². The van der Waals surface area contributed by atoms with E-state index < -0.39 is 0 Å². The van der Waals surface area contributed by atoms with Gasteiger partial charge in [-0.1, -0.05) is 66.7 Å². The van der Waals surface area contributed by atoms with Gasteiger partial charge in [0, 0.05) is 11.1 Å². The Morgan fingerprint density at radius 2 is 1.59 bits per heavy atom. The van der Waals surface area contributed by atoms with Crippen LogP contribution in [-0.4, -0.2) is 11.3 Å². The Labute approximate surface area is 134 Å². The highest BCUT2D eigenvalue weighted by Gasteiger charge is 2.01. The first-order valence-electron chi connectivity index (χ1n) is 6.96. The van der Waals surface area contributed by atoms with Gasteiger partial charge in [0.05, 0.1) is 6.21 Å². The van der Waals surface area contributed by atoms with Crippen molar-refractivity contribution in [1.82, 2.24) is 5.43 Å². The number of hydrazone groups is 1. The average molecular weight is 305 g/mol. The lowest BCUT2D eigenvalue weighted by Gasteiger charge is -2.10. The van der Waals surface area contributed by atoms with E-state index in [2.05, 4.69) is 34.0 Å². The van der Waals surface area contributed by atoms with Gasteiger partial charge >= 0.3 is 0 Å². The maximum absolute atomic E-state index is 5.28. The summed E-state index contributed by atoms with van der Waals surface area (Å²) in [5, 5.41) is 10.1. The Morgan fingerprint density at radius 1 is 0.864 bits per heavy atom. The van der Waals surface area contributed by atoms with Gasteiger partial charge in [0.1, 0.15) is 0 Å². The van der Waals surface area contributed by atoms with Crippen LogP contribution in [0.25, 0.3) is 10.8 Å². The SMILES string of the molecule is S=C(N/N=C/c1ccccc1)Nc1cccc2ccccc12. The molecule has 0 aliphatic carbocycles. The number of hydrogen-bond acceptors (Lipinski definition) is 2. The van der Waals surface area contributed by atoms with Crippen molar-refractivity contribution in [3.63, 3.8) is 0 Å². The average Bonchev–Trinajstić information content (AvgIpc) is 2.56. The number of thiocarbonyl (C=S) groups is 1. The van der Waals surface area contributed by atoms with Crippen LogP contribution in [0.15, 0.2) is 77.9 Å². The van der Waals surface area contributed by atoms with Gasteiger partial charge in [0.15, 0.2) is 5.11 Å². The second kappa shape index (κ2) is 6.83. The van der Waals surface area contributed by atoms with Crippen LogP contribution in [0.4, 0.5) is 5.69 Å². The predicted molar refractivity (Wildman–Crippen MR) is 97.3 cm³/mol. The first-order chi connectivity index (χ1) is 10.8. The normalized spacial score (nSPS) is 10.7. The Hall–Kier alpha value is -2.72. The van der Waals surface area contributed by atoms with E-state index in [1.807, 2.05) is 54.6 Å². The smallest absolute Gasteiger partial charge is 0.191 e. The standard InChI is InChI=1S/C18H15N3S/c22-18(21-19-13-14-7-2-1-3-8-14)20-17-12-6-10-15-9-4-5-11-16(15)17/h1-13H,(H2,20,21,22)/b19-13+. The molecule has 0 aliphatic rings. The van der Waals surface area contributed by atoms with Gasteiger partial charge in [0.25, 0.3) is 0 Å². The van der Waals surface area contributed by atoms with Gasteiger partial charge in [-0.15, -0.1) is 0 Å². The summed E-state index contributed by atoms with van der Waals surface area (Å²) in [6.45, 7) is 0. The van der Waals surface area contributed by atoms with Gasteiger partial charge in [-0.25, -0.2) is 0 Å². The van der Waals surface area contributed by atoms with Crippen molar-refractivity contribution in [3.05, 3.63) is 78.4 Å². The molecule has 0 bridgehead atoms. The Bertz CT molecular complexity index is 807. The maximum atomic E-state index is 5.28. The number of nitrogens with one attached hydrogen (secondary N) is 2. The minimum Gasteiger partial charge on any atom is -0.331 e. The molecular weight excluding hydrogens is 290 g/mol. The van der Waals surface area contributed by atoms with E-state index in [1.165, 1.54) is 5.39 Å². The summed E-state index contributed by atoms with van der Waals surface area (Å²) in [7, 11) is 0. The minimum absolute atomic E-state index is 0.462. The van der Waals surface area contributed by atoms with Gasteiger partial charge < -0.3 is 5.32 Å². The first-order valence-corrected chi connectivity index (χ1v) is 7.36. The molecule has 4 heteroatoms. The predicted octanol–water partition coefficient (Wildman–Crippen LogP) is 4.16. The van der Waals surface area contributed by atoms with Gasteiger partial charge in [-0.3, -0.25) is 5.43 Å². The highest BCUT2D eigenvalue weighted by atomic mass is 32.1. The van der Waals surface area contributed by atoms with Crippen molar-refractivity contribution in [2.24, 2.45) is 5.10 Å². The zero-order chi connectivity index (χ0) is 15.2. The van der Waals surface area contributed by atoms with Crippen molar-refractivity contribution in [2.45, 2.75) is 0 Å². The molecule has 0 saturated heterocycles. The molecular formula is C18H15N3S. The molecule has 0 unspecified atom stereocenters. The summed E-state index contributed by atoms with van der Waals surface area (Å²) in [5.41, 5.74) is 4.81. The van der Waals surface area contributed by atoms with Crippen LogP contribution in [0.5, 0.6) is 0 Å². The summed E-state index contributed by atoms with van der Waals surface area (Å²) in [6, 6.07) is 24.1. The molecule has 3 aromatic carbocycles. The molecule has 0 saturated carbocycles. The van der Waals surface area contributed by atoms with Crippen molar-refractivity contribution in [2.75, 3.05) is 5.32 Å². The summed E-state index contributed by atoms with van der Waals surface area (Å²) in [5.74, 6) is 0. The fourth-order valence-corrected chi connectivity index (χ4v) is 2.35. The Morgan fingerprint density at radius 3 is 2.45 bits per heavy atom. The lowest BCUT2D eigenvalue weighted by molar-refractivity contribution is 1.05. The number of fused-ring (bicyclic) bond motifs is 1. The summed E-state index contributed by atoms with van der Waals surface area (Å²) in [4.78, 5) is 0. The van der Waals surface area contributed by atoms with E-state index in [0.717, 1.165) is 16.6 Å². The molecule has 0 aromatic heterocycles. The number of benzene rings is 3. The van der Waals surface area contributed by atoms with Crippen LogP contribution in [0.1, 0.15) is 5.56 Å². The number of rotatable bonds is 3. The maximum Gasteiger partial charge on any atom is 0.191 e. The first kappa shape index (κ1) is 14.2. The van der Waals surface area contributed by atoms with Crippen LogP contribution >= 0.6 is 12.2 Å². The molecule has 3 aromatic rings. The molecule has 0 radical (unpaired) electrons. The zero-order valence-electron chi connectivity index (χ0n) is 11.9. The van der Waals surface area contributed by atoms with Crippen molar-refractivity contribution in [1.29, 1.82) is 0 Å². The molecule has 3 nitrogen and oxygen atoms in total. The molecule has 0 atom stereocenters. The molecule has 22 heavy (non-hydrogen) atoms. The second-order valence-corrected chi connectivity index (χ2v) is 5.17. The Kier molecular flexibility index (Phi) is 4.41. The summed E-state index contributed by atoms with van der Waals surface area (Å²) >= 11 is 5.28. The molecule has 3 rings (SSSR count). The molecule has 0 aliphatic heterocycles. The van der Waals surface area contributed by atoms with Crippen molar-refractivity contribution >= 4 is 40.0 Å². The van der Waals surface area contributed by atoms with Crippen molar-refractivity contribution < 1.29 is 0 Å². The van der Waals surface area contributed by atoms with Crippen LogP contribution < -0.4 is 10.7 Å². The zero-order valence-corrected chi connectivity index (χ0v) is 12.7. The lowest BCUT2D eigenvalue weighted by Crippen LogP contribution is -2.23. The van der Waals surface area contributed by atoms with E-state index in [1.54, 1.807) is 6.21 Å². The third kappa shape index (κ3) is 3.48. The van der Waals surface area contributed by atoms with Gasteiger partial charge in [0.2, 0.25) is 0 Å². The van der Waals surface area contributed by atoms with E-state index >= 15 is 0 Å². The van der Waals surface area contributed by atoms with E-state index in [0.29, 0.717) is 5.11 Å². The van der Waals surface area contributed by atoms with E-state index in [4.69, 9.17) is 12.2 Å². The molecule has 108 valence electrons. The molecule has 0 spiro atoms. The lowest BCUT2D eigenvalue weighted by atomic mass is 10.1. The van der Waals surface area contributed by atoms with Crippen LogP contribution in [0.3, 0.4) is 0 Å². The summed E-state index contributed by atoms with van der Waals surface area (Å²) < 4.78 is 0. The Balaban J connectivity index is 1.67. The van der Waals surface area contributed by atoms with Crippen LogP contribution in [-0.2, 0) is 0 Å². The highest BCUT2D eigenvalue weighted by molar-refractivity contribution is 7.80. The number of nitrogens with zero attached hydrogens (tertiary/aromatic N) is 1. The van der Waals surface area contributed by atoms with Crippen LogP contribution in [0, 0.1) is 0 Å². The molecule has 2 N–H and O–H groups in total. The monoisotopic (exact) mass is 305 g/mol. The molecule has 0 fully saturated rings. The fourth-order valence-electron chi connectivity index (χ4n) is 2.19. The third-order valence-corrected chi connectivity index (χ3v) is 3.41. The van der Waals surface area contributed by atoms with Gasteiger partial charge in [-0.2, -0.15) is 5.10 Å². The quantitative estimate of drug-likeness (QED) is 0.433. The minimum atomic E-state index is 0.462.